The average Bonchev–Trinajstić information content (AvgIpc) is 3.10. The fourth-order valence-corrected chi connectivity index (χ4v) is 5.70. The molecule has 2 saturated carbocycles. The lowest BCUT2D eigenvalue weighted by atomic mass is 9.65. The van der Waals surface area contributed by atoms with Crippen molar-refractivity contribution in [2.45, 2.75) is 51.5 Å². The smallest absolute Gasteiger partial charge is 0.223 e. The number of carbonyl (C=O) groups excluding carboxylic acids is 1. The Kier molecular flexibility index (Phi) is 5.65. The van der Waals surface area contributed by atoms with Crippen LogP contribution in [0.15, 0.2) is 18.2 Å². The van der Waals surface area contributed by atoms with Crippen molar-refractivity contribution in [3.05, 3.63) is 28.8 Å². The van der Waals surface area contributed by atoms with Gasteiger partial charge in [0.1, 0.15) is 0 Å². The van der Waals surface area contributed by atoms with E-state index in [9.17, 15) is 4.79 Å². The van der Waals surface area contributed by atoms with E-state index in [1.165, 1.54) is 30.5 Å². The summed E-state index contributed by atoms with van der Waals surface area (Å²) in [6.45, 7) is 4.94. The Morgan fingerprint density at radius 2 is 2.00 bits per heavy atom. The molecule has 3 N–H and O–H groups in total. The van der Waals surface area contributed by atoms with Gasteiger partial charge in [0.2, 0.25) is 5.91 Å². The summed E-state index contributed by atoms with van der Waals surface area (Å²) >= 11 is 6.18. The second-order valence-electron chi connectivity index (χ2n) is 8.97. The molecule has 27 heavy (non-hydrogen) atoms. The third kappa shape index (κ3) is 4.12. The molecule has 2 aliphatic carbocycles. The SMILES string of the molecule is Cc1ccc(Cl)cc1N1CCC(CNC(=O)C2CC3CCCC(C2)C3N)C1. The molecule has 1 heterocycles. The molecular weight excluding hydrogens is 358 g/mol. The maximum atomic E-state index is 12.8. The van der Waals surface area contributed by atoms with Crippen molar-refractivity contribution in [2.75, 3.05) is 24.5 Å². The third-order valence-electron chi connectivity index (χ3n) is 7.15. The number of anilines is 1. The van der Waals surface area contributed by atoms with Crippen LogP contribution in [0, 0.1) is 30.6 Å². The van der Waals surface area contributed by atoms with Gasteiger partial charge in [-0.1, -0.05) is 24.1 Å². The monoisotopic (exact) mass is 389 g/mol. The summed E-state index contributed by atoms with van der Waals surface area (Å²) in [5, 5.41) is 4.05. The van der Waals surface area contributed by atoms with Crippen LogP contribution < -0.4 is 16.0 Å². The Labute approximate surface area is 167 Å². The molecule has 1 aromatic rings. The first-order valence-electron chi connectivity index (χ1n) is 10.6. The van der Waals surface area contributed by atoms with Crippen LogP contribution in [0.1, 0.15) is 44.1 Å². The first-order valence-corrected chi connectivity index (χ1v) is 10.9. The lowest BCUT2D eigenvalue weighted by molar-refractivity contribution is -0.128. The van der Waals surface area contributed by atoms with E-state index in [0.29, 0.717) is 23.8 Å². The highest BCUT2D eigenvalue weighted by Crippen LogP contribution is 2.42. The summed E-state index contributed by atoms with van der Waals surface area (Å²) in [6, 6.07) is 6.41. The van der Waals surface area contributed by atoms with E-state index in [1.807, 2.05) is 6.07 Å². The maximum Gasteiger partial charge on any atom is 0.223 e. The van der Waals surface area contributed by atoms with E-state index in [1.54, 1.807) is 0 Å². The summed E-state index contributed by atoms with van der Waals surface area (Å²) in [6.07, 6.45) is 6.80. The van der Waals surface area contributed by atoms with E-state index in [0.717, 1.165) is 43.9 Å². The summed E-state index contributed by atoms with van der Waals surface area (Å²) in [4.78, 5) is 15.2. The molecular formula is C22H32ClN3O. The molecule has 3 aliphatic rings. The predicted octanol–water partition coefficient (Wildman–Crippen LogP) is 3.74. The molecule has 1 saturated heterocycles. The molecule has 148 valence electrons. The molecule has 2 bridgehead atoms. The number of hydrogen-bond acceptors (Lipinski definition) is 3. The Morgan fingerprint density at radius 1 is 1.26 bits per heavy atom. The number of nitrogens with zero attached hydrogens (tertiary/aromatic N) is 1. The zero-order valence-electron chi connectivity index (χ0n) is 16.3. The lowest BCUT2D eigenvalue weighted by Gasteiger charge is -2.43. The fourth-order valence-electron chi connectivity index (χ4n) is 5.53. The highest BCUT2D eigenvalue weighted by Gasteiger charge is 2.40. The molecule has 1 amide bonds. The zero-order valence-corrected chi connectivity index (χ0v) is 17.0. The Hall–Kier alpha value is -1.26. The Morgan fingerprint density at radius 3 is 2.74 bits per heavy atom. The fraction of sp³-hybridized carbons (Fsp3) is 0.682. The number of amides is 1. The molecule has 1 aliphatic heterocycles. The Bertz CT molecular complexity index is 680. The summed E-state index contributed by atoms with van der Waals surface area (Å²) < 4.78 is 0. The Balaban J connectivity index is 1.28. The minimum Gasteiger partial charge on any atom is -0.371 e. The van der Waals surface area contributed by atoms with Crippen molar-refractivity contribution < 1.29 is 4.79 Å². The number of benzene rings is 1. The van der Waals surface area contributed by atoms with Crippen LogP contribution in [0.25, 0.3) is 0 Å². The van der Waals surface area contributed by atoms with Crippen molar-refractivity contribution in [3.63, 3.8) is 0 Å². The van der Waals surface area contributed by atoms with Gasteiger partial charge in [0.25, 0.3) is 0 Å². The van der Waals surface area contributed by atoms with Crippen molar-refractivity contribution in [1.29, 1.82) is 0 Å². The number of hydrogen-bond donors (Lipinski definition) is 2. The molecule has 0 radical (unpaired) electrons. The van der Waals surface area contributed by atoms with E-state index >= 15 is 0 Å². The molecule has 3 unspecified atom stereocenters. The molecule has 1 aromatic carbocycles. The van der Waals surface area contributed by atoms with Gasteiger partial charge in [-0.3, -0.25) is 4.79 Å². The number of rotatable bonds is 4. The summed E-state index contributed by atoms with van der Waals surface area (Å²) in [5.74, 6) is 2.06. The quantitative estimate of drug-likeness (QED) is 0.824. The predicted molar refractivity (Wildman–Crippen MR) is 111 cm³/mol. The number of fused-ring (bicyclic) bond motifs is 2. The first-order chi connectivity index (χ1) is 13.0. The van der Waals surface area contributed by atoms with Gasteiger partial charge in [-0.2, -0.15) is 0 Å². The maximum absolute atomic E-state index is 12.8. The first kappa shape index (κ1) is 19.1. The van der Waals surface area contributed by atoms with Crippen LogP contribution in [0.5, 0.6) is 0 Å². The number of halogens is 1. The van der Waals surface area contributed by atoms with E-state index in [-0.39, 0.29) is 11.8 Å². The van der Waals surface area contributed by atoms with Crippen LogP contribution in [0.4, 0.5) is 5.69 Å². The minimum atomic E-state index is 0.174. The summed E-state index contributed by atoms with van der Waals surface area (Å²) in [7, 11) is 0. The lowest BCUT2D eigenvalue weighted by Crippen LogP contribution is -2.49. The molecule has 4 nitrogen and oxygen atoms in total. The van der Waals surface area contributed by atoms with E-state index < -0.39 is 0 Å². The van der Waals surface area contributed by atoms with Crippen LogP contribution in [0.3, 0.4) is 0 Å². The van der Waals surface area contributed by atoms with E-state index in [2.05, 4.69) is 29.3 Å². The van der Waals surface area contributed by atoms with Crippen LogP contribution in [0.2, 0.25) is 5.02 Å². The molecule has 4 rings (SSSR count). The number of nitrogens with one attached hydrogen (secondary N) is 1. The van der Waals surface area contributed by atoms with Gasteiger partial charge >= 0.3 is 0 Å². The number of carbonyl (C=O) groups is 1. The normalized spacial score (nSPS) is 33.1. The van der Waals surface area contributed by atoms with Gasteiger partial charge in [0.05, 0.1) is 0 Å². The van der Waals surface area contributed by atoms with Gasteiger partial charge in [-0.05, 0) is 74.5 Å². The van der Waals surface area contributed by atoms with Crippen LogP contribution >= 0.6 is 11.6 Å². The van der Waals surface area contributed by atoms with Crippen molar-refractivity contribution in [2.24, 2.45) is 29.4 Å². The van der Waals surface area contributed by atoms with Crippen LogP contribution in [-0.2, 0) is 4.79 Å². The zero-order chi connectivity index (χ0) is 19.0. The van der Waals surface area contributed by atoms with Crippen molar-refractivity contribution in [3.8, 4) is 0 Å². The topological polar surface area (TPSA) is 58.4 Å². The largest absolute Gasteiger partial charge is 0.371 e. The number of nitrogens with two attached hydrogens (primary N) is 1. The molecule has 5 heteroatoms. The average molecular weight is 390 g/mol. The van der Waals surface area contributed by atoms with E-state index in [4.69, 9.17) is 17.3 Å². The molecule has 3 fully saturated rings. The van der Waals surface area contributed by atoms with Gasteiger partial charge in [0, 0.05) is 42.3 Å². The summed E-state index contributed by atoms with van der Waals surface area (Å²) in [5.41, 5.74) is 8.85. The van der Waals surface area contributed by atoms with Gasteiger partial charge < -0.3 is 16.0 Å². The van der Waals surface area contributed by atoms with Gasteiger partial charge in [-0.15, -0.1) is 0 Å². The van der Waals surface area contributed by atoms with Crippen molar-refractivity contribution in [1.82, 2.24) is 5.32 Å². The highest BCUT2D eigenvalue weighted by molar-refractivity contribution is 6.30. The number of aryl methyl sites for hydroxylation is 1. The van der Waals surface area contributed by atoms with Gasteiger partial charge in [0.15, 0.2) is 0 Å². The second-order valence-corrected chi connectivity index (χ2v) is 9.41. The van der Waals surface area contributed by atoms with Gasteiger partial charge in [-0.25, -0.2) is 0 Å². The second kappa shape index (κ2) is 8.00. The molecule has 3 atom stereocenters. The standard InChI is InChI=1S/C22H32ClN3O/c1-14-5-6-19(23)11-20(14)26-8-7-15(13-26)12-25-22(27)18-9-16-3-2-4-17(10-18)21(16)24/h5-6,11,15-18,21H,2-4,7-10,12-13,24H2,1H3,(H,25,27). The third-order valence-corrected chi connectivity index (χ3v) is 7.38. The van der Waals surface area contributed by atoms with Crippen LogP contribution in [-0.4, -0.2) is 31.6 Å². The molecule has 0 aromatic heterocycles. The van der Waals surface area contributed by atoms with Crippen molar-refractivity contribution >= 4 is 23.2 Å². The molecule has 0 spiro atoms. The minimum absolute atomic E-state index is 0.174. The highest BCUT2D eigenvalue weighted by atomic mass is 35.5.